The van der Waals surface area contributed by atoms with Crippen molar-refractivity contribution in [1.82, 2.24) is 19.4 Å². The molecule has 0 saturated carbocycles. The van der Waals surface area contributed by atoms with Gasteiger partial charge in [0, 0.05) is 43.5 Å². The number of hydrogen-bond donors (Lipinski definition) is 3. The number of thiophene rings is 1. The first-order chi connectivity index (χ1) is 20.9. The van der Waals surface area contributed by atoms with Gasteiger partial charge in [-0.3, -0.25) is 9.36 Å². The normalized spacial score (nSPS) is 12.2. The van der Waals surface area contributed by atoms with Gasteiger partial charge in [-0.05, 0) is 42.8 Å². The first-order valence-corrected chi connectivity index (χ1v) is 14.1. The molecule has 14 heteroatoms. The number of halogens is 3. The Bertz CT molecular complexity index is 1820. The van der Waals surface area contributed by atoms with E-state index in [4.69, 9.17) is 15.6 Å². The summed E-state index contributed by atoms with van der Waals surface area (Å²) >= 11 is 1.05. The second-order valence-electron chi connectivity index (χ2n) is 9.87. The molecule has 0 spiro atoms. The number of fused-ring (bicyclic) bond motifs is 1. The van der Waals surface area contributed by atoms with Crippen LogP contribution in [-0.2, 0) is 6.18 Å². The van der Waals surface area contributed by atoms with Crippen molar-refractivity contribution in [2.75, 3.05) is 25.5 Å². The number of pyridine rings is 1. The van der Waals surface area contributed by atoms with Crippen LogP contribution in [0.2, 0.25) is 0 Å². The number of alkyl halides is 3. The van der Waals surface area contributed by atoms with E-state index in [1.54, 1.807) is 29.2 Å². The molecule has 44 heavy (non-hydrogen) atoms. The summed E-state index contributed by atoms with van der Waals surface area (Å²) in [5, 5.41) is 12.6. The maximum Gasteiger partial charge on any atom is 0.416 e. The summed E-state index contributed by atoms with van der Waals surface area (Å²) in [7, 11) is 1.49. The number of ether oxygens (including phenoxy) is 1. The highest BCUT2D eigenvalue weighted by Gasteiger charge is 2.35. The lowest BCUT2D eigenvalue weighted by atomic mass is 10.0. The van der Waals surface area contributed by atoms with Gasteiger partial charge in [-0.15, -0.1) is 11.3 Å². The summed E-state index contributed by atoms with van der Waals surface area (Å²) in [6.45, 7) is 2.20. The van der Waals surface area contributed by atoms with Crippen LogP contribution in [0.15, 0.2) is 73.2 Å². The number of carboxylic acid groups (broad SMARTS) is 1. The van der Waals surface area contributed by atoms with Gasteiger partial charge in [-0.25, -0.2) is 14.8 Å². The lowest BCUT2D eigenvalue weighted by Crippen LogP contribution is -2.29. The summed E-state index contributed by atoms with van der Waals surface area (Å²) in [4.78, 5) is 33.3. The van der Waals surface area contributed by atoms with Crippen LogP contribution in [-0.4, -0.2) is 56.7 Å². The van der Waals surface area contributed by atoms with Gasteiger partial charge < -0.3 is 25.8 Å². The molecule has 0 aliphatic rings. The molecule has 3 heterocycles. The standard InChI is InChI=1S/C30H27F3N6O4S/c1-17(20-5-3-4-6-21(20)30(31,32)33)43-24-14-26(44-27(24)28(34)40)39-16-37-22-13-18(7-9-23(22)39)19-8-10-25(36-15-19)35-11-12-38(2)29(41)42/h3-10,13-17H,11-12H2,1-2H3,(H2,34,40)(H,35,36)(H,41,42)/t17-/m1/s1. The number of benzene rings is 2. The molecule has 0 aliphatic heterocycles. The third-order valence-electron chi connectivity index (χ3n) is 6.88. The topological polar surface area (TPSA) is 136 Å². The zero-order chi connectivity index (χ0) is 31.6. The maximum absolute atomic E-state index is 13.6. The van der Waals surface area contributed by atoms with Crippen molar-refractivity contribution in [2.45, 2.75) is 19.2 Å². The van der Waals surface area contributed by atoms with E-state index in [0.29, 0.717) is 29.4 Å². The molecule has 0 unspecified atom stereocenters. The molecular formula is C30H27F3N6O4S. The Kier molecular flexibility index (Phi) is 8.45. The summed E-state index contributed by atoms with van der Waals surface area (Å²) < 4.78 is 48.4. The molecule has 228 valence electrons. The predicted octanol–water partition coefficient (Wildman–Crippen LogP) is 6.43. The van der Waals surface area contributed by atoms with Crippen molar-refractivity contribution in [3.63, 3.8) is 0 Å². The van der Waals surface area contributed by atoms with Crippen molar-refractivity contribution >= 4 is 40.2 Å². The number of nitrogens with zero attached hydrogens (tertiary/aromatic N) is 4. The summed E-state index contributed by atoms with van der Waals surface area (Å²) in [6.07, 6.45) is -3.31. The Morgan fingerprint density at radius 1 is 1.11 bits per heavy atom. The average Bonchev–Trinajstić information content (AvgIpc) is 3.61. The highest BCUT2D eigenvalue weighted by atomic mass is 32.1. The lowest BCUT2D eigenvalue weighted by Gasteiger charge is -2.19. The number of carbonyl (C=O) groups excluding carboxylic acids is 1. The smallest absolute Gasteiger partial charge is 0.416 e. The lowest BCUT2D eigenvalue weighted by molar-refractivity contribution is -0.139. The van der Waals surface area contributed by atoms with Crippen LogP contribution in [0.4, 0.5) is 23.8 Å². The second-order valence-corrected chi connectivity index (χ2v) is 10.9. The molecule has 0 aliphatic carbocycles. The SMILES string of the molecule is C[C@@H](Oc1cc(-n2cnc3cc(-c4ccc(NCCN(C)C(=O)O)nc4)ccc32)sc1C(N)=O)c1ccccc1C(F)(F)F. The first kappa shape index (κ1) is 30.4. The van der Waals surface area contributed by atoms with Crippen LogP contribution in [0.1, 0.15) is 33.8 Å². The van der Waals surface area contributed by atoms with Crippen LogP contribution in [0.25, 0.3) is 27.2 Å². The summed E-state index contributed by atoms with van der Waals surface area (Å²) in [5.41, 5.74) is 7.81. The third-order valence-corrected chi connectivity index (χ3v) is 8.01. The zero-order valence-electron chi connectivity index (χ0n) is 23.5. The van der Waals surface area contributed by atoms with E-state index in [-0.39, 0.29) is 16.2 Å². The molecule has 2 aromatic carbocycles. The van der Waals surface area contributed by atoms with Crippen molar-refractivity contribution in [1.29, 1.82) is 0 Å². The fourth-order valence-corrected chi connectivity index (χ4v) is 5.52. The largest absolute Gasteiger partial charge is 0.484 e. The molecule has 4 N–H and O–H groups in total. The fourth-order valence-electron chi connectivity index (χ4n) is 4.59. The Hall–Kier alpha value is -5.11. The number of primary amides is 1. The Morgan fingerprint density at radius 3 is 2.55 bits per heavy atom. The number of rotatable bonds is 10. The van der Waals surface area contributed by atoms with Gasteiger partial charge in [0.2, 0.25) is 0 Å². The predicted molar refractivity (Wildman–Crippen MR) is 160 cm³/mol. The van der Waals surface area contributed by atoms with Crippen LogP contribution in [0, 0.1) is 0 Å². The van der Waals surface area contributed by atoms with Crippen molar-refractivity contribution in [3.8, 4) is 21.9 Å². The Balaban J connectivity index is 1.36. The quantitative estimate of drug-likeness (QED) is 0.163. The molecule has 0 saturated heterocycles. The average molecular weight is 625 g/mol. The van der Waals surface area contributed by atoms with Crippen LogP contribution in [0.5, 0.6) is 5.75 Å². The van der Waals surface area contributed by atoms with E-state index in [1.807, 2.05) is 24.3 Å². The van der Waals surface area contributed by atoms with Gasteiger partial charge in [-0.1, -0.05) is 24.3 Å². The minimum atomic E-state index is -4.56. The summed E-state index contributed by atoms with van der Waals surface area (Å²) in [5.74, 6) is -0.0801. The number of carbonyl (C=O) groups is 2. The fraction of sp³-hybridized carbons (Fsp3) is 0.200. The number of nitrogens with one attached hydrogen (secondary N) is 1. The third kappa shape index (κ3) is 6.44. The van der Waals surface area contributed by atoms with Crippen LogP contribution < -0.4 is 15.8 Å². The van der Waals surface area contributed by atoms with E-state index >= 15 is 0 Å². The minimum absolute atomic E-state index is 0.0622. The van der Waals surface area contributed by atoms with E-state index in [1.165, 1.54) is 37.1 Å². The molecule has 0 fully saturated rings. The number of amides is 2. The molecule has 3 aromatic heterocycles. The Morgan fingerprint density at radius 2 is 1.86 bits per heavy atom. The van der Waals surface area contributed by atoms with Gasteiger partial charge in [0.25, 0.3) is 5.91 Å². The number of nitrogens with two attached hydrogens (primary N) is 1. The minimum Gasteiger partial charge on any atom is -0.484 e. The monoisotopic (exact) mass is 624 g/mol. The van der Waals surface area contributed by atoms with Gasteiger partial charge in [0.1, 0.15) is 33.9 Å². The molecular weight excluding hydrogens is 597 g/mol. The number of aromatic nitrogens is 3. The van der Waals surface area contributed by atoms with E-state index in [9.17, 15) is 22.8 Å². The van der Waals surface area contributed by atoms with E-state index < -0.39 is 29.8 Å². The molecule has 0 radical (unpaired) electrons. The van der Waals surface area contributed by atoms with Gasteiger partial charge in [-0.2, -0.15) is 13.2 Å². The second kappa shape index (κ2) is 12.2. The van der Waals surface area contributed by atoms with E-state index in [0.717, 1.165) is 34.0 Å². The van der Waals surface area contributed by atoms with Crippen LogP contribution >= 0.6 is 11.3 Å². The van der Waals surface area contributed by atoms with Crippen molar-refractivity contribution in [3.05, 3.63) is 89.2 Å². The first-order valence-electron chi connectivity index (χ1n) is 13.3. The highest BCUT2D eigenvalue weighted by molar-refractivity contribution is 7.16. The number of hydrogen-bond acceptors (Lipinski definition) is 7. The van der Waals surface area contributed by atoms with Gasteiger partial charge >= 0.3 is 12.3 Å². The molecule has 2 amide bonds. The van der Waals surface area contributed by atoms with Gasteiger partial charge in [0.05, 0.1) is 16.6 Å². The van der Waals surface area contributed by atoms with Crippen molar-refractivity contribution in [2.24, 2.45) is 5.73 Å². The molecule has 1 atom stereocenters. The Labute approximate surface area is 253 Å². The molecule has 5 aromatic rings. The highest BCUT2D eigenvalue weighted by Crippen LogP contribution is 2.39. The van der Waals surface area contributed by atoms with Crippen molar-refractivity contribution < 1.29 is 32.6 Å². The summed E-state index contributed by atoms with van der Waals surface area (Å²) in [6, 6.07) is 16.0. The van der Waals surface area contributed by atoms with Crippen LogP contribution in [0.3, 0.4) is 0 Å². The number of imidazole rings is 1. The zero-order valence-corrected chi connectivity index (χ0v) is 24.3. The number of anilines is 1. The molecule has 10 nitrogen and oxygen atoms in total. The molecule has 0 bridgehead atoms. The van der Waals surface area contributed by atoms with E-state index in [2.05, 4.69) is 15.3 Å². The number of likely N-dealkylation sites (N-methyl/N-ethyl adjacent to an activating group) is 1. The molecule has 5 rings (SSSR count). The maximum atomic E-state index is 13.6. The van der Waals surface area contributed by atoms with Gasteiger partial charge in [0.15, 0.2) is 0 Å².